The third kappa shape index (κ3) is 2.14. The highest BCUT2D eigenvalue weighted by Crippen LogP contribution is 2.35. The summed E-state index contributed by atoms with van der Waals surface area (Å²) in [6.07, 6.45) is 0.728. The molecule has 3 aromatic rings. The second-order valence-corrected chi connectivity index (χ2v) is 7.06. The molecule has 0 unspecified atom stereocenters. The van der Waals surface area contributed by atoms with E-state index in [0.29, 0.717) is 11.9 Å². The summed E-state index contributed by atoms with van der Waals surface area (Å²) in [5, 5.41) is 15.8. The van der Waals surface area contributed by atoms with E-state index < -0.39 is 11.5 Å². The van der Waals surface area contributed by atoms with Crippen molar-refractivity contribution in [2.45, 2.75) is 25.9 Å². The fourth-order valence-electron chi connectivity index (χ4n) is 3.39. The van der Waals surface area contributed by atoms with Crippen LogP contribution in [0.2, 0.25) is 0 Å². The molecule has 2 N–H and O–H groups in total. The number of nitrogens with zero attached hydrogens (tertiary/aromatic N) is 1. The fraction of sp³-hybridized carbons (Fsp3) is 0.222. The first-order chi connectivity index (χ1) is 11.6. The van der Waals surface area contributed by atoms with Gasteiger partial charge in [-0.1, -0.05) is 18.2 Å². The van der Waals surface area contributed by atoms with Gasteiger partial charge < -0.3 is 15.0 Å². The number of para-hydroxylation sites is 1. The molecule has 0 saturated heterocycles. The highest BCUT2D eigenvalue weighted by molar-refractivity contribution is 7.09. The number of amides is 1. The van der Waals surface area contributed by atoms with Crippen molar-refractivity contribution in [1.29, 1.82) is 0 Å². The van der Waals surface area contributed by atoms with Gasteiger partial charge in [0.05, 0.1) is 12.1 Å². The minimum Gasteiger partial charge on any atom is -0.506 e. The zero-order valence-corrected chi connectivity index (χ0v) is 13.9. The summed E-state index contributed by atoms with van der Waals surface area (Å²) in [7, 11) is 0. The van der Waals surface area contributed by atoms with E-state index in [0.717, 1.165) is 22.4 Å². The molecule has 1 aliphatic heterocycles. The van der Waals surface area contributed by atoms with Crippen LogP contribution >= 0.6 is 11.3 Å². The fourth-order valence-corrected chi connectivity index (χ4v) is 4.04. The molecule has 4 rings (SSSR count). The molecule has 0 bridgehead atoms. The molecule has 0 saturated carbocycles. The Balaban J connectivity index is 1.82. The zero-order chi connectivity index (χ0) is 16.8. The molecule has 1 aromatic carbocycles. The van der Waals surface area contributed by atoms with E-state index in [-0.39, 0.29) is 17.4 Å². The lowest BCUT2D eigenvalue weighted by Crippen LogP contribution is -2.33. The average Bonchev–Trinajstić information content (AvgIpc) is 3.18. The number of pyridine rings is 1. The molecule has 0 radical (unpaired) electrons. The summed E-state index contributed by atoms with van der Waals surface area (Å²) in [5.74, 6) is -0.771. The van der Waals surface area contributed by atoms with Crippen LogP contribution < -0.4 is 10.9 Å². The van der Waals surface area contributed by atoms with E-state index in [9.17, 15) is 14.7 Å². The Bertz CT molecular complexity index is 1010. The number of hydrogen-bond acceptors (Lipinski definition) is 4. The van der Waals surface area contributed by atoms with Crippen LogP contribution in [0.5, 0.6) is 5.75 Å². The van der Waals surface area contributed by atoms with E-state index in [1.807, 2.05) is 36.6 Å². The van der Waals surface area contributed by atoms with Crippen molar-refractivity contribution in [3.63, 3.8) is 0 Å². The first kappa shape index (κ1) is 15.0. The van der Waals surface area contributed by atoms with Crippen LogP contribution in [-0.2, 0) is 13.0 Å². The molecule has 0 spiro atoms. The van der Waals surface area contributed by atoms with Gasteiger partial charge in [-0.3, -0.25) is 9.59 Å². The first-order valence-electron chi connectivity index (χ1n) is 7.77. The minimum absolute atomic E-state index is 0.0261. The normalized spacial score (nSPS) is 15.8. The Kier molecular flexibility index (Phi) is 3.42. The summed E-state index contributed by atoms with van der Waals surface area (Å²) in [5.41, 5.74) is 1.16. The van der Waals surface area contributed by atoms with Gasteiger partial charge in [0.25, 0.3) is 11.5 Å². The summed E-state index contributed by atoms with van der Waals surface area (Å²) in [4.78, 5) is 26.4. The van der Waals surface area contributed by atoms with Gasteiger partial charge in [-0.15, -0.1) is 11.3 Å². The number of thiophene rings is 1. The predicted octanol–water partition coefficient (Wildman–Crippen LogP) is 2.82. The minimum atomic E-state index is -0.541. The third-order valence-electron chi connectivity index (χ3n) is 4.47. The predicted molar refractivity (Wildman–Crippen MR) is 93.8 cm³/mol. The van der Waals surface area contributed by atoms with Crippen molar-refractivity contribution < 1.29 is 9.90 Å². The number of benzene rings is 1. The van der Waals surface area contributed by atoms with Crippen LogP contribution in [0.4, 0.5) is 0 Å². The van der Waals surface area contributed by atoms with Crippen LogP contribution in [-0.4, -0.2) is 15.6 Å². The Morgan fingerprint density at radius 1 is 1.38 bits per heavy atom. The smallest absolute Gasteiger partial charge is 0.267 e. The number of nitrogens with one attached hydrogen (secondary N) is 1. The lowest BCUT2D eigenvalue weighted by atomic mass is 10.1. The molecule has 5 nitrogen and oxygen atoms in total. The van der Waals surface area contributed by atoms with Gasteiger partial charge in [-0.2, -0.15) is 0 Å². The van der Waals surface area contributed by atoms with Crippen LogP contribution in [0.25, 0.3) is 10.9 Å². The molecule has 3 heterocycles. The number of hydrogen-bond donors (Lipinski definition) is 2. The molecule has 1 atom stereocenters. The molecule has 122 valence electrons. The van der Waals surface area contributed by atoms with Crippen molar-refractivity contribution >= 4 is 28.1 Å². The van der Waals surface area contributed by atoms with Crippen molar-refractivity contribution in [3.8, 4) is 5.75 Å². The molecule has 24 heavy (non-hydrogen) atoms. The zero-order valence-electron chi connectivity index (χ0n) is 13.1. The van der Waals surface area contributed by atoms with E-state index in [1.165, 1.54) is 11.3 Å². The van der Waals surface area contributed by atoms with Crippen molar-refractivity contribution in [2.75, 3.05) is 0 Å². The van der Waals surface area contributed by atoms with E-state index in [4.69, 9.17) is 0 Å². The molecular formula is C18H16N2O3S. The van der Waals surface area contributed by atoms with Gasteiger partial charge >= 0.3 is 0 Å². The Morgan fingerprint density at radius 2 is 2.21 bits per heavy atom. The maximum Gasteiger partial charge on any atom is 0.267 e. The van der Waals surface area contributed by atoms with Gasteiger partial charge in [0.2, 0.25) is 0 Å². The molecule has 0 fully saturated rings. The SMILES string of the molecule is C[C@@H]1Cc2cccc3c(O)c(C(=O)NCc4cccs4)c(=O)n1c23. The summed E-state index contributed by atoms with van der Waals surface area (Å²) in [6.45, 7) is 2.29. The second kappa shape index (κ2) is 5.49. The van der Waals surface area contributed by atoms with Crippen LogP contribution in [0.1, 0.15) is 33.8 Å². The first-order valence-corrected chi connectivity index (χ1v) is 8.65. The van der Waals surface area contributed by atoms with Gasteiger partial charge in [0.15, 0.2) is 0 Å². The van der Waals surface area contributed by atoms with Crippen LogP contribution in [0.15, 0.2) is 40.5 Å². The van der Waals surface area contributed by atoms with E-state index >= 15 is 0 Å². The second-order valence-electron chi connectivity index (χ2n) is 6.03. The standard InChI is InChI=1S/C18H16N2O3S/c1-10-8-11-4-2-6-13-15(11)20(10)18(23)14(16(13)21)17(22)19-9-12-5-3-7-24-12/h2-7,10,21H,8-9H2,1H3,(H,19,22)/t10-/m1/s1. The number of rotatable bonds is 3. The molecule has 6 heteroatoms. The molecule has 0 aliphatic carbocycles. The van der Waals surface area contributed by atoms with Gasteiger partial charge in [0, 0.05) is 16.3 Å². The maximum atomic E-state index is 12.8. The Labute approximate surface area is 142 Å². The average molecular weight is 340 g/mol. The molecule has 1 aliphatic rings. The van der Waals surface area contributed by atoms with Crippen LogP contribution in [0.3, 0.4) is 0 Å². The Morgan fingerprint density at radius 3 is 2.96 bits per heavy atom. The van der Waals surface area contributed by atoms with Gasteiger partial charge in [-0.05, 0) is 36.4 Å². The van der Waals surface area contributed by atoms with Crippen molar-refractivity contribution in [3.05, 3.63) is 62.1 Å². The summed E-state index contributed by atoms with van der Waals surface area (Å²) >= 11 is 1.53. The molecule has 2 aromatic heterocycles. The van der Waals surface area contributed by atoms with Crippen molar-refractivity contribution in [2.24, 2.45) is 0 Å². The largest absolute Gasteiger partial charge is 0.506 e. The molecule has 1 amide bonds. The highest BCUT2D eigenvalue weighted by atomic mass is 32.1. The number of aromatic hydroxyl groups is 1. The lowest BCUT2D eigenvalue weighted by Gasteiger charge is -2.14. The number of aromatic nitrogens is 1. The lowest BCUT2D eigenvalue weighted by molar-refractivity contribution is 0.0946. The Hall–Kier alpha value is -2.60. The van der Waals surface area contributed by atoms with E-state index in [1.54, 1.807) is 10.6 Å². The maximum absolute atomic E-state index is 12.8. The summed E-state index contributed by atoms with van der Waals surface area (Å²) in [6, 6.07) is 9.33. The third-order valence-corrected chi connectivity index (χ3v) is 5.35. The van der Waals surface area contributed by atoms with Crippen LogP contribution in [0, 0.1) is 0 Å². The van der Waals surface area contributed by atoms with Gasteiger partial charge in [-0.25, -0.2) is 0 Å². The van der Waals surface area contributed by atoms with E-state index in [2.05, 4.69) is 5.32 Å². The molecular weight excluding hydrogens is 324 g/mol. The highest BCUT2D eigenvalue weighted by Gasteiger charge is 2.29. The monoisotopic (exact) mass is 340 g/mol. The van der Waals surface area contributed by atoms with Gasteiger partial charge in [0.1, 0.15) is 11.3 Å². The summed E-state index contributed by atoms with van der Waals surface area (Å²) < 4.78 is 1.63. The van der Waals surface area contributed by atoms with Crippen molar-refractivity contribution in [1.82, 2.24) is 9.88 Å². The number of carbonyl (C=O) groups is 1. The topological polar surface area (TPSA) is 71.3 Å². The number of carbonyl (C=O) groups excluding carboxylic acids is 1. The quantitative estimate of drug-likeness (QED) is 0.770.